The molecule has 6 heteroatoms. The topological polar surface area (TPSA) is 81.4 Å². The van der Waals surface area contributed by atoms with E-state index in [1.807, 2.05) is 0 Å². The van der Waals surface area contributed by atoms with Gasteiger partial charge in [-0.2, -0.15) is 0 Å². The highest BCUT2D eigenvalue weighted by Crippen LogP contribution is 2.07. The van der Waals surface area contributed by atoms with Crippen LogP contribution in [0.25, 0.3) is 0 Å². The lowest BCUT2D eigenvalue weighted by molar-refractivity contribution is -0.130. The summed E-state index contributed by atoms with van der Waals surface area (Å²) in [4.78, 5) is 22.2. The third kappa shape index (κ3) is 5.05. The number of halogens is 1. The molecule has 0 aliphatic carbocycles. The Bertz CT molecular complexity index is 448. The molecule has 0 saturated heterocycles. The Hall–Kier alpha value is -1.95. The first-order valence-corrected chi connectivity index (χ1v) is 5.82. The average molecular weight is 268 g/mol. The van der Waals surface area contributed by atoms with Crippen LogP contribution < -0.4 is 11.1 Å². The van der Waals surface area contributed by atoms with E-state index < -0.39 is 18.1 Å². The second-order valence-corrected chi connectivity index (χ2v) is 4.22. The summed E-state index contributed by atoms with van der Waals surface area (Å²) in [5.41, 5.74) is 5.95. The Morgan fingerprint density at radius 2 is 1.95 bits per heavy atom. The fourth-order valence-corrected chi connectivity index (χ4v) is 1.54. The number of carbonyl (C=O) groups is 2. The Morgan fingerprint density at radius 3 is 2.42 bits per heavy atom. The molecule has 0 saturated carbocycles. The van der Waals surface area contributed by atoms with Crippen molar-refractivity contribution in [2.24, 2.45) is 5.73 Å². The smallest absolute Gasteiger partial charge is 0.242 e. The molecule has 0 heterocycles. The predicted molar refractivity (Wildman–Crippen MR) is 67.5 cm³/mol. The van der Waals surface area contributed by atoms with Crippen molar-refractivity contribution in [3.05, 3.63) is 35.6 Å². The summed E-state index contributed by atoms with van der Waals surface area (Å²) in [5.74, 6) is -1.35. The molecule has 0 spiro atoms. The zero-order chi connectivity index (χ0) is 14.4. The normalized spacial score (nSPS) is 13.6. The minimum Gasteiger partial charge on any atom is -0.371 e. The summed E-state index contributed by atoms with van der Waals surface area (Å²) in [6.45, 7) is 3.13. The van der Waals surface area contributed by atoms with E-state index >= 15 is 0 Å². The lowest BCUT2D eigenvalue weighted by Crippen LogP contribution is -2.50. The summed E-state index contributed by atoms with van der Waals surface area (Å²) < 4.78 is 18.2. The van der Waals surface area contributed by atoms with Crippen molar-refractivity contribution in [2.45, 2.75) is 32.6 Å². The monoisotopic (exact) mass is 268 g/mol. The molecule has 1 aromatic rings. The van der Waals surface area contributed by atoms with Gasteiger partial charge in [-0.15, -0.1) is 0 Å². The highest BCUT2D eigenvalue weighted by atomic mass is 19.1. The van der Waals surface area contributed by atoms with Crippen molar-refractivity contribution in [3.63, 3.8) is 0 Å². The fourth-order valence-electron chi connectivity index (χ4n) is 1.54. The molecule has 0 aliphatic rings. The van der Waals surface area contributed by atoms with Crippen molar-refractivity contribution in [1.82, 2.24) is 5.32 Å². The number of nitrogens with one attached hydrogen (secondary N) is 1. The van der Waals surface area contributed by atoms with Crippen LogP contribution in [0, 0.1) is 5.82 Å². The maximum atomic E-state index is 12.7. The molecule has 104 valence electrons. The Balaban J connectivity index is 2.56. The van der Waals surface area contributed by atoms with Gasteiger partial charge in [0, 0.05) is 6.92 Å². The molecule has 2 amide bonds. The number of ether oxygens (including phenoxy) is 1. The van der Waals surface area contributed by atoms with E-state index in [9.17, 15) is 14.0 Å². The summed E-state index contributed by atoms with van der Waals surface area (Å²) in [7, 11) is 0. The molecule has 0 aromatic heterocycles. The number of amides is 2. The molecule has 19 heavy (non-hydrogen) atoms. The van der Waals surface area contributed by atoms with Gasteiger partial charge in [-0.25, -0.2) is 4.39 Å². The SMILES string of the molecule is CC(=O)NC(C(N)=O)C(C)OCc1ccc(F)cc1. The van der Waals surface area contributed by atoms with Gasteiger partial charge in [0.1, 0.15) is 11.9 Å². The Morgan fingerprint density at radius 1 is 1.37 bits per heavy atom. The van der Waals surface area contributed by atoms with Crippen LogP contribution in [0.4, 0.5) is 4.39 Å². The summed E-state index contributed by atoms with van der Waals surface area (Å²) in [5, 5.41) is 2.43. The molecule has 2 atom stereocenters. The van der Waals surface area contributed by atoms with Gasteiger partial charge in [0.25, 0.3) is 0 Å². The number of benzene rings is 1. The van der Waals surface area contributed by atoms with E-state index in [-0.39, 0.29) is 18.3 Å². The highest BCUT2D eigenvalue weighted by Gasteiger charge is 2.24. The summed E-state index contributed by atoms with van der Waals surface area (Å²) in [6, 6.07) is 4.92. The molecular weight excluding hydrogens is 251 g/mol. The molecule has 3 N–H and O–H groups in total. The zero-order valence-electron chi connectivity index (χ0n) is 10.9. The number of rotatable bonds is 6. The third-order valence-electron chi connectivity index (χ3n) is 2.56. The van der Waals surface area contributed by atoms with Gasteiger partial charge in [-0.3, -0.25) is 9.59 Å². The summed E-state index contributed by atoms with van der Waals surface area (Å²) in [6.07, 6.45) is -0.577. The van der Waals surface area contributed by atoms with Gasteiger partial charge in [0.05, 0.1) is 12.7 Å². The Labute approximate surface area is 110 Å². The molecule has 0 fully saturated rings. The van der Waals surface area contributed by atoms with Gasteiger partial charge in [-0.1, -0.05) is 12.1 Å². The molecule has 1 aromatic carbocycles. The van der Waals surface area contributed by atoms with E-state index in [1.54, 1.807) is 19.1 Å². The van der Waals surface area contributed by atoms with E-state index in [0.717, 1.165) is 5.56 Å². The quantitative estimate of drug-likeness (QED) is 0.797. The lowest BCUT2D eigenvalue weighted by Gasteiger charge is -2.22. The minimum atomic E-state index is -0.891. The van der Waals surface area contributed by atoms with Gasteiger partial charge in [0.2, 0.25) is 11.8 Å². The molecule has 0 bridgehead atoms. The minimum absolute atomic E-state index is 0.199. The predicted octanol–water partition coefficient (Wildman–Crippen LogP) is 0.721. The first kappa shape index (κ1) is 15.1. The van der Waals surface area contributed by atoms with E-state index in [4.69, 9.17) is 10.5 Å². The summed E-state index contributed by atoms with van der Waals surface area (Å²) >= 11 is 0. The maximum absolute atomic E-state index is 12.7. The number of nitrogens with two attached hydrogens (primary N) is 1. The van der Waals surface area contributed by atoms with Crippen LogP contribution >= 0.6 is 0 Å². The number of hydrogen-bond donors (Lipinski definition) is 2. The second kappa shape index (κ2) is 6.84. The third-order valence-corrected chi connectivity index (χ3v) is 2.56. The van der Waals surface area contributed by atoms with E-state index in [2.05, 4.69) is 5.32 Å². The fraction of sp³-hybridized carbons (Fsp3) is 0.385. The zero-order valence-corrected chi connectivity index (χ0v) is 10.9. The van der Waals surface area contributed by atoms with E-state index in [1.165, 1.54) is 19.1 Å². The lowest BCUT2D eigenvalue weighted by atomic mass is 10.1. The first-order valence-electron chi connectivity index (χ1n) is 5.82. The van der Waals surface area contributed by atoms with Crippen molar-refractivity contribution in [3.8, 4) is 0 Å². The molecule has 0 aliphatic heterocycles. The van der Waals surface area contributed by atoms with Gasteiger partial charge in [0.15, 0.2) is 0 Å². The standard InChI is InChI=1S/C13H17FN2O3/c1-8(12(13(15)18)16-9(2)17)19-7-10-3-5-11(14)6-4-10/h3-6,8,12H,7H2,1-2H3,(H2,15,18)(H,16,17). The van der Waals surface area contributed by atoms with Gasteiger partial charge >= 0.3 is 0 Å². The second-order valence-electron chi connectivity index (χ2n) is 4.22. The van der Waals surface area contributed by atoms with Crippen LogP contribution in [0.3, 0.4) is 0 Å². The molecule has 1 rings (SSSR count). The number of carbonyl (C=O) groups excluding carboxylic acids is 2. The maximum Gasteiger partial charge on any atom is 0.242 e. The first-order chi connectivity index (χ1) is 8.90. The van der Waals surface area contributed by atoms with Gasteiger partial charge < -0.3 is 15.8 Å². The Kier molecular flexibility index (Phi) is 5.44. The largest absolute Gasteiger partial charge is 0.371 e. The van der Waals surface area contributed by atoms with Crippen LogP contribution in [0.5, 0.6) is 0 Å². The van der Waals surface area contributed by atoms with Crippen molar-refractivity contribution >= 4 is 11.8 Å². The van der Waals surface area contributed by atoms with Crippen LogP contribution in [0.2, 0.25) is 0 Å². The van der Waals surface area contributed by atoms with Crippen molar-refractivity contribution in [2.75, 3.05) is 0 Å². The van der Waals surface area contributed by atoms with E-state index in [0.29, 0.717) is 0 Å². The molecule has 0 radical (unpaired) electrons. The van der Waals surface area contributed by atoms with Gasteiger partial charge in [-0.05, 0) is 24.6 Å². The number of hydrogen-bond acceptors (Lipinski definition) is 3. The van der Waals surface area contributed by atoms with Crippen LogP contribution in [0.1, 0.15) is 19.4 Å². The van der Waals surface area contributed by atoms with Crippen molar-refractivity contribution in [1.29, 1.82) is 0 Å². The van der Waals surface area contributed by atoms with Crippen LogP contribution in [-0.4, -0.2) is 24.0 Å². The van der Waals surface area contributed by atoms with Crippen LogP contribution in [0.15, 0.2) is 24.3 Å². The molecular formula is C13H17FN2O3. The number of primary amides is 1. The highest BCUT2D eigenvalue weighted by molar-refractivity contribution is 5.86. The van der Waals surface area contributed by atoms with Crippen molar-refractivity contribution < 1.29 is 18.7 Å². The average Bonchev–Trinajstić information content (AvgIpc) is 2.34. The molecule has 5 nitrogen and oxygen atoms in total. The van der Waals surface area contributed by atoms with Crippen LogP contribution in [-0.2, 0) is 20.9 Å². The molecule has 2 unspecified atom stereocenters.